The van der Waals surface area contributed by atoms with Crippen molar-refractivity contribution < 1.29 is 40.3 Å². The van der Waals surface area contributed by atoms with Gasteiger partial charge in [-0.3, -0.25) is 0 Å². The van der Waals surface area contributed by atoms with Gasteiger partial charge >= 0.3 is 12.1 Å². The third kappa shape index (κ3) is 2.93. The van der Waals surface area contributed by atoms with Crippen LogP contribution in [-0.2, 0) is 10.9 Å². The first-order valence-corrected chi connectivity index (χ1v) is 6.21. The third-order valence-electron chi connectivity index (χ3n) is 3.13. The Morgan fingerprint density at radius 2 is 1.50 bits per heavy atom. The molecule has 0 spiro atoms. The molecule has 0 atom stereocenters. The average molecular weight is 352 g/mol. The molecule has 0 unspecified atom stereocenters. The van der Waals surface area contributed by atoms with Gasteiger partial charge in [-0.05, 0) is 17.7 Å². The summed E-state index contributed by atoms with van der Waals surface area (Å²) in [4.78, 5) is 11.2. The minimum Gasteiger partial charge on any atom is -0.465 e. The quantitative estimate of drug-likeness (QED) is 0.444. The van der Waals surface area contributed by atoms with E-state index >= 15 is 0 Å². The Hall–Kier alpha value is -2.58. The molecule has 2 aromatic carbocycles. The number of hydrogen-bond acceptors (Lipinski definition) is 2. The lowest BCUT2D eigenvalue weighted by Gasteiger charge is -2.13. The highest BCUT2D eigenvalue weighted by molar-refractivity contribution is 5.91. The second-order valence-electron chi connectivity index (χ2n) is 4.58. The molecule has 0 radical (unpaired) electrons. The van der Waals surface area contributed by atoms with E-state index in [1.54, 1.807) is 0 Å². The summed E-state index contributed by atoms with van der Waals surface area (Å²) in [5.41, 5.74) is -4.97. The van der Waals surface area contributed by atoms with Crippen LogP contribution in [0.2, 0.25) is 0 Å². The summed E-state index contributed by atoms with van der Waals surface area (Å²) in [7, 11) is 0.734. The first-order chi connectivity index (χ1) is 11.1. The largest absolute Gasteiger partial charge is 0.465 e. The highest BCUT2D eigenvalue weighted by Crippen LogP contribution is 2.36. The molecule has 0 bridgehead atoms. The molecule has 0 saturated carbocycles. The summed E-state index contributed by atoms with van der Waals surface area (Å²) in [5.74, 6) is -9.80. The molecule has 0 amide bonds. The number of carbonyl (C=O) groups excluding carboxylic acids is 1. The maximum absolute atomic E-state index is 14.0. The smallest absolute Gasteiger partial charge is 0.416 e. The Labute approximate surface area is 130 Å². The second kappa shape index (κ2) is 6.14. The molecule has 2 rings (SSSR count). The van der Waals surface area contributed by atoms with E-state index in [-0.39, 0.29) is 0 Å². The molecule has 0 aliphatic heterocycles. The number of halogens is 7. The van der Waals surface area contributed by atoms with Crippen molar-refractivity contribution in [2.24, 2.45) is 0 Å². The van der Waals surface area contributed by atoms with E-state index in [1.807, 2.05) is 0 Å². The van der Waals surface area contributed by atoms with Crippen LogP contribution < -0.4 is 0 Å². The van der Waals surface area contributed by atoms with Crippen LogP contribution >= 0.6 is 0 Å². The van der Waals surface area contributed by atoms with Crippen molar-refractivity contribution >= 4 is 5.97 Å². The minimum atomic E-state index is -4.83. The predicted octanol–water partition coefficient (Wildman–Crippen LogP) is 4.72. The number of hydrogen-bond donors (Lipinski definition) is 0. The van der Waals surface area contributed by atoms with Crippen LogP contribution in [0.25, 0.3) is 11.1 Å². The number of methoxy groups -OCH3 is 1. The topological polar surface area (TPSA) is 26.3 Å². The normalized spacial score (nSPS) is 11.5. The summed E-state index contributed by atoms with van der Waals surface area (Å²) < 4.78 is 97.8. The van der Waals surface area contributed by atoms with Crippen LogP contribution in [0, 0.1) is 23.3 Å². The molecule has 2 aromatic rings. The molecule has 0 N–H and O–H groups in total. The number of alkyl halides is 3. The van der Waals surface area contributed by atoms with Crippen LogP contribution in [0.4, 0.5) is 30.7 Å². The van der Waals surface area contributed by atoms with Gasteiger partial charge in [-0.2, -0.15) is 13.2 Å². The highest BCUT2D eigenvalue weighted by Gasteiger charge is 2.33. The van der Waals surface area contributed by atoms with Crippen molar-refractivity contribution in [3.63, 3.8) is 0 Å². The molecule has 0 saturated heterocycles. The number of esters is 1. The monoisotopic (exact) mass is 352 g/mol. The lowest BCUT2D eigenvalue weighted by atomic mass is 9.99. The zero-order chi connectivity index (χ0) is 18.2. The number of ether oxygens (including phenoxy) is 1. The van der Waals surface area contributed by atoms with E-state index in [2.05, 4.69) is 4.74 Å². The van der Waals surface area contributed by atoms with Gasteiger partial charge in [0.1, 0.15) is 5.56 Å². The van der Waals surface area contributed by atoms with Crippen LogP contribution in [-0.4, -0.2) is 13.1 Å². The fourth-order valence-corrected chi connectivity index (χ4v) is 2.02. The molecule has 9 heteroatoms. The van der Waals surface area contributed by atoms with E-state index in [9.17, 15) is 35.5 Å². The fraction of sp³-hybridized carbons (Fsp3) is 0.133. The third-order valence-corrected chi connectivity index (χ3v) is 3.13. The van der Waals surface area contributed by atoms with E-state index < -0.39 is 57.7 Å². The molecular weight excluding hydrogens is 345 g/mol. The van der Waals surface area contributed by atoms with Gasteiger partial charge in [-0.25, -0.2) is 22.4 Å². The first kappa shape index (κ1) is 17.8. The molecule has 0 heterocycles. The first-order valence-electron chi connectivity index (χ1n) is 6.21. The molecule has 128 valence electrons. The standard InChI is InChI=1S/C15H7F7O2/c1-24-14(23)9-12(18)10(16)8(11(17)13(9)19)6-3-2-4-7(5-6)15(20,21)22/h2-5H,1H3. The van der Waals surface area contributed by atoms with Gasteiger partial charge in [0.2, 0.25) is 0 Å². The summed E-state index contributed by atoms with van der Waals surface area (Å²) in [6.45, 7) is 0. The van der Waals surface area contributed by atoms with E-state index in [1.165, 1.54) is 0 Å². The second-order valence-corrected chi connectivity index (χ2v) is 4.58. The van der Waals surface area contributed by atoms with E-state index in [0.29, 0.717) is 12.1 Å². The van der Waals surface area contributed by atoms with Gasteiger partial charge in [-0.15, -0.1) is 0 Å². The molecule has 24 heavy (non-hydrogen) atoms. The lowest BCUT2D eigenvalue weighted by molar-refractivity contribution is -0.137. The summed E-state index contributed by atoms with van der Waals surface area (Å²) in [6, 6.07) is 2.61. The number of rotatable bonds is 2. The van der Waals surface area contributed by atoms with Crippen molar-refractivity contribution in [1.82, 2.24) is 0 Å². The molecular formula is C15H7F7O2. The average Bonchev–Trinajstić information content (AvgIpc) is 2.52. The highest BCUT2D eigenvalue weighted by atomic mass is 19.4. The summed E-state index contributed by atoms with van der Waals surface area (Å²) >= 11 is 0. The van der Waals surface area contributed by atoms with Crippen LogP contribution in [0.15, 0.2) is 24.3 Å². The Bertz CT molecular complexity index is 783. The zero-order valence-corrected chi connectivity index (χ0v) is 11.8. The van der Waals surface area contributed by atoms with Gasteiger partial charge in [-0.1, -0.05) is 12.1 Å². The zero-order valence-electron chi connectivity index (χ0n) is 11.8. The van der Waals surface area contributed by atoms with Gasteiger partial charge in [0.15, 0.2) is 23.3 Å². The number of benzene rings is 2. The molecule has 0 aliphatic carbocycles. The van der Waals surface area contributed by atoms with Crippen molar-refractivity contribution in [3.8, 4) is 11.1 Å². The maximum atomic E-state index is 14.0. The lowest BCUT2D eigenvalue weighted by Crippen LogP contribution is -2.13. The molecule has 2 nitrogen and oxygen atoms in total. The van der Waals surface area contributed by atoms with Crippen molar-refractivity contribution in [3.05, 3.63) is 58.7 Å². The molecule has 0 aromatic heterocycles. The van der Waals surface area contributed by atoms with Gasteiger partial charge in [0.05, 0.1) is 18.2 Å². The van der Waals surface area contributed by atoms with E-state index in [4.69, 9.17) is 0 Å². The Kier molecular flexibility index (Phi) is 4.54. The summed E-state index contributed by atoms with van der Waals surface area (Å²) in [5, 5.41) is 0. The Morgan fingerprint density at radius 1 is 0.958 bits per heavy atom. The Balaban J connectivity index is 2.76. The van der Waals surface area contributed by atoms with Gasteiger partial charge < -0.3 is 4.74 Å². The summed E-state index contributed by atoms with van der Waals surface area (Å²) in [6.07, 6.45) is -4.83. The molecule has 0 aliphatic rings. The molecule has 0 fully saturated rings. The van der Waals surface area contributed by atoms with Crippen molar-refractivity contribution in [2.75, 3.05) is 7.11 Å². The van der Waals surface area contributed by atoms with Crippen LogP contribution in [0.3, 0.4) is 0 Å². The van der Waals surface area contributed by atoms with Crippen molar-refractivity contribution in [1.29, 1.82) is 0 Å². The maximum Gasteiger partial charge on any atom is 0.416 e. The van der Waals surface area contributed by atoms with Crippen LogP contribution in [0.1, 0.15) is 15.9 Å². The van der Waals surface area contributed by atoms with Crippen molar-refractivity contribution in [2.45, 2.75) is 6.18 Å². The minimum absolute atomic E-state index is 0.332. The van der Waals surface area contributed by atoms with Gasteiger partial charge in [0, 0.05) is 0 Å². The van der Waals surface area contributed by atoms with Gasteiger partial charge in [0.25, 0.3) is 0 Å². The van der Waals surface area contributed by atoms with E-state index in [0.717, 1.165) is 19.2 Å². The Morgan fingerprint density at radius 3 is 1.96 bits per heavy atom. The fourth-order valence-electron chi connectivity index (χ4n) is 2.02. The number of carbonyl (C=O) groups is 1. The predicted molar refractivity (Wildman–Crippen MR) is 68.1 cm³/mol. The SMILES string of the molecule is COC(=O)c1c(F)c(F)c(-c2cccc(C(F)(F)F)c2)c(F)c1F. The van der Waals surface area contributed by atoms with Crippen LogP contribution in [0.5, 0.6) is 0 Å².